The van der Waals surface area contributed by atoms with Crippen LogP contribution >= 0.6 is 0 Å². The third-order valence-electron chi connectivity index (χ3n) is 3.33. The number of rotatable bonds is 4. The van der Waals surface area contributed by atoms with Crippen LogP contribution in [0, 0.1) is 0 Å². The Morgan fingerprint density at radius 1 is 1.22 bits per heavy atom. The predicted molar refractivity (Wildman–Crippen MR) is 77.9 cm³/mol. The molecule has 1 saturated carbocycles. The SMILES string of the molecule is C[C@H](N[S@](=O)C(C)(C)C)c1ccc(C2CC2)cc1. The van der Waals surface area contributed by atoms with Crippen molar-refractivity contribution in [3.63, 3.8) is 0 Å². The number of benzene rings is 1. The molecule has 1 aliphatic carbocycles. The van der Waals surface area contributed by atoms with Crippen molar-refractivity contribution in [2.75, 3.05) is 0 Å². The third kappa shape index (κ3) is 3.42. The number of hydrogen-bond acceptors (Lipinski definition) is 1. The molecule has 0 saturated heterocycles. The Morgan fingerprint density at radius 3 is 2.22 bits per heavy atom. The fraction of sp³-hybridized carbons (Fsp3) is 0.600. The van der Waals surface area contributed by atoms with Gasteiger partial charge in [0.15, 0.2) is 0 Å². The maximum Gasteiger partial charge on any atom is 0.0975 e. The van der Waals surface area contributed by atoms with E-state index < -0.39 is 11.0 Å². The van der Waals surface area contributed by atoms with Crippen LogP contribution in [0.3, 0.4) is 0 Å². The van der Waals surface area contributed by atoms with Gasteiger partial charge in [-0.25, -0.2) is 8.93 Å². The summed E-state index contributed by atoms with van der Waals surface area (Å²) in [5.41, 5.74) is 2.65. The molecule has 0 spiro atoms. The molecule has 0 unspecified atom stereocenters. The van der Waals surface area contributed by atoms with Crippen LogP contribution in [0.2, 0.25) is 0 Å². The predicted octanol–water partition coefficient (Wildman–Crippen LogP) is 3.68. The van der Waals surface area contributed by atoms with Crippen molar-refractivity contribution in [1.82, 2.24) is 4.72 Å². The first-order chi connectivity index (χ1) is 8.38. The first-order valence-electron chi connectivity index (χ1n) is 6.66. The van der Waals surface area contributed by atoms with Crippen molar-refractivity contribution >= 4 is 11.0 Å². The van der Waals surface area contributed by atoms with Gasteiger partial charge < -0.3 is 0 Å². The fourth-order valence-electron chi connectivity index (χ4n) is 1.88. The molecular formula is C15H23NOS. The van der Waals surface area contributed by atoms with E-state index in [9.17, 15) is 4.21 Å². The van der Waals surface area contributed by atoms with Gasteiger partial charge in [-0.2, -0.15) is 0 Å². The lowest BCUT2D eigenvalue weighted by atomic mass is 10.0. The highest BCUT2D eigenvalue weighted by Gasteiger charge is 2.24. The smallest absolute Gasteiger partial charge is 0.0975 e. The van der Waals surface area contributed by atoms with Gasteiger partial charge >= 0.3 is 0 Å². The Bertz CT molecular complexity index is 429. The molecule has 18 heavy (non-hydrogen) atoms. The van der Waals surface area contributed by atoms with Crippen LogP contribution in [0.25, 0.3) is 0 Å². The highest BCUT2D eigenvalue weighted by molar-refractivity contribution is 7.84. The van der Waals surface area contributed by atoms with Gasteiger partial charge in [0.25, 0.3) is 0 Å². The van der Waals surface area contributed by atoms with Gasteiger partial charge in [0, 0.05) is 6.04 Å². The fourth-order valence-corrected chi connectivity index (χ4v) is 2.69. The van der Waals surface area contributed by atoms with E-state index in [0.29, 0.717) is 0 Å². The standard InChI is InChI=1S/C15H23NOS/c1-11(16-18(17)15(2,3)4)12-5-7-13(8-6-12)14-9-10-14/h5-8,11,14,16H,9-10H2,1-4H3/t11-,18+/m0/s1. The summed E-state index contributed by atoms with van der Waals surface area (Å²) in [5, 5.41) is 0. The molecule has 1 fully saturated rings. The van der Waals surface area contributed by atoms with E-state index in [0.717, 1.165) is 5.92 Å². The van der Waals surface area contributed by atoms with Crippen LogP contribution < -0.4 is 4.72 Å². The molecule has 1 aromatic rings. The van der Waals surface area contributed by atoms with E-state index in [2.05, 4.69) is 35.9 Å². The summed E-state index contributed by atoms with van der Waals surface area (Å²) in [6.07, 6.45) is 2.67. The van der Waals surface area contributed by atoms with Crippen molar-refractivity contribution in [2.45, 2.75) is 57.2 Å². The molecule has 0 radical (unpaired) electrons. The van der Waals surface area contributed by atoms with Crippen molar-refractivity contribution in [2.24, 2.45) is 0 Å². The molecular weight excluding hydrogens is 242 g/mol. The van der Waals surface area contributed by atoms with Gasteiger partial charge in [0.1, 0.15) is 0 Å². The number of nitrogens with one attached hydrogen (secondary N) is 1. The van der Waals surface area contributed by atoms with Gasteiger partial charge in [-0.3, -0.25) is 0 Å². The summed E-state index contributed by atoms with van der Waals surface area (Å²) in [6.45, 7) is 8.02. The van der Waals surface area contributed by atoms with Crippen LogP contribution in [-0.2, 0) is 11.0 Å². The normalized spacial score (nSPS) is 19.6. The minimum atomic E-state index is -1.02. The van der Waals surface area contributed by atoms with Crippen LogP contribution in [0.15, 0.2) is 24.3 Å². The van der Waals surface area contributed by atoms with Crippen LogP contribution in [0.4, 0.5) is 0 Å². The maximum atomic E-state index is 12.0. The lowest BCUT2D eigenvalue weighted by Gasteiger charge is -2.22. The van der Waals surface area contributed by atoms with Crippen LogP contribution in [0.1, 0.15) is 63.6 Å². The molecule has 0 aliphatic heterocycles. The van der Waals surface area contributed by atoms with Gasteiger partial charge in [0.2, 0.25) is 0 Å². The minimum Gasteiger partial charge on any atom is -0.242 e. The van der Waals surface area contributed by atoms with E-state index in [4.69, 9.17) is 0 Å². The Morgan fingerprint density at radius 2 is 1.78 bits per heavy atom. The quantitative estimate of drug-likeness (QED) is 0.884. The molecule has 2 nitrogen and oxygen atoms in total. The second kappa shape index (κ2) is 5.14. The average Bonchev–Trinajstić information content (AvgIpc) is 3.11. The molecule has 0 amide bonds. The Balaban J connectivity index is 2.00. The van der Waals surface area contributed by atoms with Gasteiger partial charge in [-0.15, -0.1) is 0 Å². The first-order valence-corrected chi connectivity index (χ1v) is 7.81. The topological polar surface area (TPSA) is 29.1 Å². The molecule has 0 aromatic heterocycles. The van der Waals surface area contributed by atoms with E-state index in [1.807, 2.05) is 20.8 Å². The van der Waals surface area contributed by atoms with Gasteiger partial charge in [-0.1, -0.05) is 24.3 Å². The molecule has 0 heterocycles. The molecule has 1 aromatic carbocycles. The molecule has 1 N–H and O–H groups in total. The Labute approximate surface area is 113 Å². The zero-order valence-corrected chi connectivity index (χ0v) is 12.5. The monoisotopic (exact) mass is 265 g/mol. The molecule has 1 aliphatic rings. The summed E-state index contributed by atoms with van der Waals surface area (Å²) in [6, 6.07) is 8.87. The molecule has 100 valence electrons. The first kappa shape index (κ1) is 13.8. The number of hydrogen-bond donors (Lipinski definition) is 1. The van der Waals surface area contributed by atoms with Crippen molar-refractivity contribution in [3.8, 4) is 0 Å². The van der Waals surface area contributed by atoms with Crippen molar-refractivity contribution in [3.05, 3.63) is 35.4 Å². The van der Waals surface area contributed by atoms with Gasteiger partial charge in [-0.05, 0) is 57.6 Å². The van der Waals surface area contributed by atoms with E-state index in [1.165, 1.54) is 24.0 Å². The van der Waals surface area contributed by atoms with Crippen molar-refractivity contribution < 1.29 is 4.21 Å². The highest BCUT2D eigenvalue weighted by Crippen LogP contribution is 2.40. The lowest BCUT2D eigenvalue weighted by Crippen LogP contribution is -2.34. The van der Waals surface area contributed by atoms with Crippen molar-refractivity contribution in [1.29, 1.82) is 0 Å². The molecule has 0 bridgehead atoms. The zero-order valence-electron chi connectivity index (χ0n) is 11.7. The Kier molecular flexibility index (Phi) is 3.93. The van der Waals surface area contributed by atoms with Crippen LogP contribution in [0.5, 0.6) is 0 Å². The second-order valence-electron chi connectivity index (χ2n) is 6.16. The zero-order chi connectivity index (χ0) is 13.3. The van der Waals surface area contributed by atoms with E-state index in [1.54, 1.807) is 0 Å². The molecule has 2 rings (SSSR count). The highest BCUT2D eigenvalue weighted by atomic mass is 32.2. The summed E-state index contributed by atoms with van der Waals surface area (Å²) in [5.74, 6) is 0.797. The van der Waals surface area contributed by atoms with Gasteiger partial charge in [0.05, 0.1) is 15.7 Å². The van der Waals surface area contributed by atoms with E-state index >= 15 is 0 Å². The molecule has 2 atom stereocenters. The molecule has 3 heteroatoms. The maximum absolute atomic E-state index is 12.0. The minimum absolute atomic E-state index is 0.123. The summed E-state index contributed by atoms with van der Waals surface area (Å²) < 4.78 is 15.0. The second-order valence-corrected chi connectivity index (χ2v) is 8.16. The largest absolute Gasteiger partial charge is 0.242 e. The average molecular weight is 265 g/mol. The lowest BCUT2D eigenvalue weighted by molar-refractivity contribution is 0.616. The van der Waals surface area contributed by atoms with Crippen LogP contribution in [-0.4, -0.2) is 8.96 Å². The van der Waals surface area contributed by atoms with E-state index in [-0.39, 0.29) is 10.8 Å². The Hall–Kier alpha value is -0.670. The summed E-state index contributed by atoms with van der Waals surface area (Å²) in [7, 11) is -1.02. The summed E-state index contributed by atoms with van der Waals surface area (Å²) >= 11 is 0. The third-order valence-corrected chi connectivity index (χ3v) is 5.01. The summed E-state index contributed by atoms with van der Waals surface area (Å²) in [4.78, 5) is 0.